The summed E-state index contributed by atoms with van der Waals surface area (Å²) in [6.07, 6.45) is 3.59. The number of hydrogen-bond acceptors (Lipinski definition) is 5. The minimum absolute atomic E-state index is 0.0103. The van der Waals surface area contributed by atoms with Gasteiger partial charge in [-0.3, -0.25) is 19.5 Å². The Kier molecular flexibility index (Phi) is 6.97. The normalized spacial score (nSPS) is 14.5. The second-order valence-corrected chi connectivity index (χ2v) is 6.65. The third kappa shape index (κ3) is 5.53. The number of benzene rings is 1. The van der Waals surface area contributed by atoms with Crippen LogP contribution in [0.4, 0.5) is 0 Å². The van der Waals surface area contributed by atoms with Gasteiger partial charge in [-0.1, -0.05) is 0 Å². The summed E-state index contributed by atoms with van der Waals surface area (Å²) < 4.78 is 5.36. The summed E-state index contributed by atoms with van der Waals surface area (Å²) in [6.45, 7) is 6.34. The van der Waals surface area contributed by atoms with E-state index in [1.807, 2.05) is 24.0 Å². The fourth-order valence-electron chi connectivity index (χ4n) is 3.14. The largest absolute Gasteiger partial charge is 0.494 e. The van der Waals surface area contributed by atoms with Crippen LogP contribution < -0.4 is 10.1 Å². The van der Waals surface area contributed by atoms with Gasteiger partial charge in [0.2, 0.25) is 5.91 Å². The van der Waals surface area contributed by atoms with Gasteiger partial charge >= 0.3 is 0 Å². The smallest absolute Gasteiger partial charge is 0.251 e. The van der Waals surface area contributed by atoms with Crippen LogP contribution in [0, 0.1) is 0 Å². The number of ether oxygens (including phenoxy) is 1. The Bertz CT molecular complexity index is 772. The molecule has 0 spiro atoms. The second kappa shape index (κ2) is 9.85. The fraction of sp³-hybridized carbons (Fsp3) is 0.381. The summed E-state index contributed by atoms with van der Waals surface area (Å²) in [4.78, 5) is 32.8. The van der Waals surface area contributed by atoms with Crippen molar-refractivity contribution in [3.8, 4) is 5.75 Å². The third-order valence-corrected chi connectivity index (χ3v) is 4.71. The highest BCUT2D eigenvalue weighted by atomic mass is 16.5. The van der Waals surface area contributed by atoms with Crippen molar-refractivity contribution < 1.29 is 14.3 Å². The van der Waals surface area contributed by atoms with Gasteiger partial charge in [0.15, 0.2) is 0 Å². The molecule has 148 valence electrons. The summed E-state index contributed by atoms with van der Waals surface area (Å²) in [5.41, 5.74) is 1.73. The quantitative estimate of drug-likeness (QED) is 0.787. The van der Waals surface area contributed by atoms with Crippen LogP contribution in [0.5, 0.6) is 5.75 Å². The highest BCUT2D eigenvalue weighted by molar-refractivity contribution is 5.96. The van der Waals surface area contributed by atoms with Crippen molar-refractivity contribution in [1.82, 2.24) is 20.1 Å². The Labute approximate surface area is 165 Å². The molecule has 1 aromatic heterocycles. The van der Waals surface area contributed by atoms with Crippen LogP contribution in [0.15, 0.2) is 48.8 Å². The highest BCUT2D eigenvalue weighted by Crippen LogP contribution is 2.12. The first-order valence-electron chi connectivity index (χ1n) is 9.56. The molecule has 0 saturated carbocycles. The molecule has 7 heteroatoms. The molecule has 2 amide bonds. The van der Waals surface area contributed by atoms with Crippen LogP contribution in [0.3, 0.4) is 0 Å². The molecule has 0 unspecified atom stereocenters. The van der Waals surface area contributed by atoms with E-state index in [0.29, 0.717) is 25.3 Å². The third-order valence-electron chi connectivity index (χ3n) is 4.71. The zero-order valence-corrected chi connectivity index (χ0v) is 16.1. The van der Waals surface area contributed by atoms with Gasteiger partial charge in [-0.2, -0.15) is 0 Å². The van der Waals surface area contributed by atoms with Crippen LogP contribution in [0.2, 0.25) is 0 Å². The van der Waals surface area contributed by atoms with Crippen LogP contribution >= 0.6 is 0 Å². The van der Waals surface area contributed by atoms with Crippen LogP contribution in [0.25, 0.3) is 0 Å². The van der Waals surface area contributed by atoms with Crippen molar-refractivity contribution in [3.63, 3.8) is 0 Å². The van der Waals surface area contributed by atoms with E-state index in [1.54, 1.807) is 36.7 Å². The molecule has 7 nitrogen and oxygen atoms in total. The molecule has 3 rings (SSSR count). The number of hydrogen-bond donors (Lipinski definition) is 1. The number of nitrogens with zero attached hydrogens (tertiary/aromatic N) is 3. The topological polar surface area (TPSA) is 74.8 Å². The first kappa shape index (κ1) is 19.8. The van der Waals surface area contributed by atoms with Crippen LogP contribution in [-0.4, -0.2) is 65.9 Å². The second-order valence-electron chi connectivity index (χ2n) is 6.65. The summed E-state index contributed by atoms with van der Waals surface area (Å²) in [6, 6.07) is 10.9. The van der Waals surface area contributed by atoms with Gasteiger partial charge in [0.05, 0.1) is 13.2 Å². The standard InChI is InChI=1S/C21H26N4O3/c1-2-28-19-5-3-18(4-6-19)21(27)23-15-20(26)25-13-11-24(12-14-25)16-17-7-9-22-10-8-17/h3-10H,2,11-16H2,1H3,(H,23,27). The molecule has 2 heterocycles. The van der Waals surface area contributed by atoms with Gasteiger partial charge in [-0.05, 0) is 48.9 Å². The van der Waals surface area contributed by atoms with E-state index in [9.17, 15) is 9.59 Å². The highest BCUT2D eigenvalue weighted by Gasteiger charge is 2.21. The number of nitrogens with one attached hydrogen (secondary N) is 1. The SMILES string of the molecule is CCOc1ccc(C(=O)NCC(=O)N2CCN(Cc3ccncc3)CC2)cc1. The van der Waals surface area contributed by atoms with Gasteiger partial charge in [0, 0.05) is 50.7 Å². The van der Waals surface area contributed by atoms with Gasteiger partial charge in [0.1, 0.15) is 5.75 Å². The average molecular weight is 382 g/mol. The predicted octanol–water partition coefficient (Wildman–Crippen LogP) is 1.55. The van der Waals surface area contributed by atoms with Gasteiger partial charge in [0.25, 0.3) is 5.91 Å². The number of aromatic nitrogens is 1. The lowest BCUT2D eigenvalue weighted by atomic mass is 10.2. The Morgan fingerprint density at radius 2 is 1.71 bits per heavy atom. The first-order valence-corrected chi connectivity index (χ1v) is 9.56. The molecule has 0 radical (unpaired) electrons. The lowest BCUT2D eigenvalue weighted by Crippen LogP contribution is -2.50. The molecule has 0 aliphatic carbocycles. The van der Waals surface area contributed by atoms with Crippen LogP contribution in [-0.2, 0) is 11.3 Å². The molecule has 1 aromatic carbocycles. The lowest BCUT2D eigenvalue weighted by molar-refractivity contribution is -0.131. The fourth-order valence-corrected chi connectivity index (χ4v) is 3.14. The molecule has 1 aliphatic rings. The summed E-state index contributed by atoms with van der Waals surface area (Å²) in [7, 11) is 0. The van der Waals surface area contributed by atoms with Crippen LogP contribution in [0.1, 0.15) is 22.8 Å². The molecular weight excluding hydrogens is 356 g/mol. The number of pyridine rings is 1. The Hall–Kier alpha value is -2.93. The molecule has 0 atom stereocenters. The molecule has 1 N–H and O–H groups in total. The zero-order chi connectivity index (χ0) is 19.8. The molecule has 1 aliphatic heterocycles. The minimum Gasteiger partial charge on any atom is -0.494 e. The van der Waals surface area contributed by atoms with Crippen molar-refractivity contribution >= 4 is 11.8 Å². The molecule has 1 saturated heterocycles. The molecule has 1 fully saturated rings. The summed E-state index contributed by atoms with van der Waals surface area (Å²) in [5, 5.41) is 2.71. The van der Waals surface area contributed by atoms with E-state index in [1.165, 1.54) is 5.56 Å². The molecule has 2 aromatic rings. The predicted molar refractivity (Wildman–Crippen MR) is 106 cm³/mol. The first-order chi connectivity index (χ1) is 13.7. The molecule has 0 bridgehead atoms. The van der Waals surface area contributed by atoms with E-state index in [4.69, 9.17) is 4.74 Å². The zero-order valence-electron chi connectivity index (χ0n) is 16.1. The van der Waals surface area contributed by atoms with Crippen molar-refractivity contribution in [1.29, 1.82) is 0 Å². The maximum Gasteiger partial charge on any atom is 0.251 e. The van der Waals surface area contributed by atoms with E-state index >= 15 is 0 Å². The van der Waals surface area contributed by atoms with Gasteiger partial charge in [-0.25, -0.2) is 0 Å². The summed E-state index contributed by atoms with van der Waals surface area (Å²) in [5.74, 6) is 0.412. The maximum absolute atomic E-state index is 12.4. The minimum atomic E-state index is -0.257. The Morgan fingerprint density at radius 3 is 2.36 bits per heavy atom. The van der Waals surface area contributed by atoms with E-state index in [0.717, 1.165) is 25.4 Å². The maximum atomic E-state index is 12.4. The number of carbonyl (C=O) groups excluding carboxylic acids is 2. The molecule has 28 heavy (non-hydrogen) atoms. The Morgan fingerprint density at radius 1 is 1.04 bits per heavy atom. The van der Waals surface area contributed by atoms with E-state index in [-0.39, 0.29) is 18.4 Å². The average Bonchev–Trinajstić information content (AvgIpc) is 2.74. The number of rotatable bonds is 7. The number of carbonyl (C=O) groups is 2. The van der Waals surface area contributed by atoms with Crippen molar-refractivity contribution in [3.05, 3.63) is 59.9 Å². The summed E-state index contributed by atoms with van der Waals surface area (Å²) >= 11 is 0. The van der Waals surface area contributed by atoms with E-state index in [2.05, 4.69) is 15.2 Å². The van der Waals surface area contributed by atoms with Crippen molar-refractivity contribution in [2.45, 2.75) is 13.5 Å². The van der Waals surface area contributed by atoms with Crippen molar-refractivity contribution in [2.24, 2.45) is 0 Å². The number of piperazine rings is 1. The van der Waals surface area contributed by atoms with Gasteiger partial charge < -0.3 is 15.0 Å². The van der Waals surface area contributed by atoms with Gasteiger partial charge in [-0.15, -0.1) is 0 Å². The molecular formula is C21H26N4O3. The number of amides is 2. The van der Waals surface area contributed by atoms with Crippen molar-refractivity contribution in [2.75, 3.05) is 39.3 Å². The van der Waals surface area contributed by atoms with E-state index < -0.39 is 0 Å². The monoisotopic (exact) mass is 382 g/mol. The lowest BCUT2D eigenvalue weighted by Gasteiger charge is -2.34. The Balaban J connectivity index is 1.41.